The number of phosphoric acid groups is 1. The van der Waals surface area contributed by atoms with Crippen molar-refractivity contribution < 1.29 is 60.6 Å². The Morgan fingerprint density at radius 1 is 0.776 bits per heavy atom. The highest BCUT2D eigenvalue weighted by molar-refractivity contribution is 7.48. The SMILES string of the molecule is CCCCCC(=O)OC[C@H](COP(=O)(OC)OC1[C@@H]2OC(C)(C)O[C@@H]2C(O[Si](C)(C)C(C)(C)C)[C@@H]2OC(C)(C)O[C@@H]12)OC(=O)CCCCC. The highest BCUT2D eigenvalue weighted by Gasteiger charge is 2.66. The van der Waals surface area contributed by atoms with Gasteiger partial charge in [-0.3, -0.25) is 23.2 Å². The molecular weight excluding hydrogens is 675 g/mol. The summed E-state index contributed by atoms with van der Waals surface area (Å²) >= 11 is 0. The largest absolute Gasteiger partial charge is 0.475 e. The number of carbonyl (C=O) groups is 2. The van der Waals surface area contributed by atoms with Crippen molar-refractivity contribution in [2.45, 2.75) is 186 Å². The van der Waals surface area contributed by atoms with Crippen LogP contribution < -0.4 is 0 Å². The molecule has 1 aliphatic carbocycles. The molecule has 15 heteroatoms. The summed E-state index contributed by atoms with van der Waals surface area (Å²) in [5.41, 5.74) is 0. The molecule has 0 N–H and O–H groups in total. The van der Waals surface area contributed by atoms with Crippen molar-refractivity contribution in [1.82, 2.24) is 0 Å². The minimum absolute atomic E-state index is 0.102. The van der Waals surface area contributed by atoms with Gasteiger partial charge in [-0.2, -0.15) is 0 Å². The zero-order valence-electron chi connectivity index (χ0n) is 31.9. The molecule has 0 aromatic rings. The lowest BCUT2D eigenvalue weighted by Gasteiger charge is -2.47. The van der Waals surface area contributed by atoms with E-state index < -0.39 is 89.0 Å². The fraction of sp³-hybridized carbons (Fsp3) is 0.941. The van der Waals surface area contributed by atoms with Gasteiger partial charge in [-0.1, -0.05) is 60.3 Å². The average Bonchev–Trinajstić information content (AvgIpc) is 3.50. The summed E-state index contributed by atoms with van der Waals surface area (Å²) in [5, 5.41) is -0.102. The summed E-state index contributed by atoms with van der Waals surface area (Å²) in [6, 6.07) is 0. The molecule has 3 unspecified atom stereocenters. The van der Waals surface area contributed by atoms with Crippen LogP contribution in [-0.4, -0.2) is 94.9 Å². The van der Waals surface area contributed by atoms with Crippen molar-refractivity contribution in [3.8, 4) is 0 Å². The second-order valence-corrected chi connectivity index (χ2v) is 22.2. The van der Waals surface area contributed by atoms with E-state index in [0.29, 0.717) is 12.8 Å². The van der Waals surface area contributed by atoms with E-state index in [1.165, 1.54) is 7.11 Å². The molecule has 49 heavy (non-hydrogen) atoms. The van der Waals surface area contributed by atoms with Gasteiger partial charge in [-0.05, 0) is 58.7 Å². The van der Waals surface area contributed by atoms with Crippen LogP contribution in [0.3, 0.4) is 0 Å². The fourth-order valence-corrected chi connectivity index (χ4v) is 8.34. The molecule has 0 aromatic heterocycles. The molecule has 2 aliphatic heterocycles. The molecule has 8 atom stereocenters. The minimum Gasteiger partial charge on any atom is -0.462 e. The number of fused-ring (bicyclic) bond motifs is 2. The molecule has 0 amide bonds. The van der Waals surface area contributed by atoms with Gasteiger partial charge in [0, 0.05) is 20.0 Å². The number of hydrogen-bond acceptors (Lipinski definition) is 13. The molecule has 2 saturated heterocycles. The first-order chi connectivity index (χ1) is 22.7. The Morgan fingerprint density at radius 3 is 1.69 bits per heavy atom. The van der Waals surface area contributed by atoms with Crippen LogP contribution in [0.25, 0.3) is 0 Å². The van der Waals surface area contributed by atoms with Crippen LogP contribution in [-0.2, 0) is 60.6 Å². The number of carbonyl (C=O) groups excluding carboxylic acids is 2. The van der Waals surface area contributed by atoms with Crippen LogP contribution in [0.5, 0.6) is 0 Å². The Morgan fingerprint density at radius 2 is 1.24 bits per heavy atom. The monoisotopic (exact) mass is 738 g/mol. The molecule has 0 radical (unpaired) electrons. The number of unbranched alkanes of at least 4 members (excludes halogenated alkanes) is 4. The molecule has 1 saturated carbocycles. The van der Waals surface area contributed by atoms with Crippen LogP contribution in [0.1, 0.15) is 114 Å². The third-order valence-corrected chi connectivity index (χ3v) is 15.3. The van der Waals surface area contributed by atoms with E-state index in [9.17, 15) is 14.2 Å². The number of rotatable bonds is 19. The van der Waals surface area contributed by atoms with Crippen molar-refractivity contribution in [3.05, 3.63) is 0 Å². The molecule has 0 spiro atoms. The predicted molar refractivity (Wildman–Crippen MR) is 184 cm³/mol. The summed E-state index contributed by atoms with van der Waals surface area (Å²) in [5.74, 6) is -2.92. The van der Waals surface area contributed by atoms with Gasteiger partial charge in [0.15, 0.2) is 26.0 Å². The van der Waals surface area contributed by atoms with Crippen LogP contribution in [0, 0.1) is 0 Å². The fourth-order valence-electron chi connectivity index (χ4n) is 5.90. The maximum absolute atomic E-state index is 14.2. The van der Waals surface area contributed by atoms with Gasteiger partial charge in [0.05, 0.1) is 6.61 Å². The minimum atomic E-state index is -4.37. The van der Waals surface area contributed by atoms with Gasteiger partial charge in [-0.15, -0.1) is 0 Å². The second kappa shape index (κ2) is 17.3. The smallest absolute Gasteiger partial charge is 0.462 e. The van der Waals surface area contributed by atoms with Crippen LogP contribution in [0.15, 0.2) is 0 Å². The Balaban J connectivity index is 1.83. The number of phosphoric ester groups is 1. The predicted octanol–water partition coefficient (Wildman–Crippen LogP) is 7.20. The van der Waals surface area contributed by atoms with Gasteiger partial charge in [0.25, 0.3) is 0 Å². The van der Waals surface area contributed by atoms with E-state index in [0.717, 1.165) is 25.7 Å². The topological polar surface area (TPSA) is 144 Å². The van der Waals surface area contributed by atoms with Gasteiger partial charge in [0.1, 0.15) is 43.2 Å². The zero-order chi connectivity index (χ0) is 36.8. The molecule has 2 heterocycles. The molecule has 3 rings (SSSR count). The Hall–Kier alpha value is -0.933. The maximum Gasteiger partial charge on any atom is 0.475 e. The van der Waals surface area contributed by atoms with E-state index in [2.05, 4.69) is 33.9 Å². The molecule has 286 valence electrons. The Kier molecular flexibility index (Phi) is 15.0. The van der Waals surface area contributed by atoms with Crippen molar-refractivity contribution in [1.29, 1.82) is 0 Å². The van der Waals surface area contributed by atoms with Crippen molar-refractivity contribution in [2.75, 3.05) is 20.3 Å². The number of esters is 2. The van der Waals surface area contributed by atoms with E-state index in [4.69, 9.17) is 46.4 Å². The average molecular weight is 739 g/mol. The highest BCUT2D eigenvalue weighted by Crippen LogP contribution is 2.56. The quantitative estimate of drug-likeness (QED) is 0.0571. The maximum atomic E-state index is 14.2. The standard InChI is InChI=1S/C34H63O13PSi/c1-13-15-17-19-24(35)39-21-23(41-25(36)20-18-16-14-2)22-40-48(37,38-10)46-30-26-28(44-33(6,7)42-26)31(47-49(11,12)32(3,4)5)29-27(30)43-34(8,9)45-29/h23,26-31H,13-22H2,1-12H3/t23-,26-,27-,28-,29+,30?,31?,48?/m1/s1. The van der Waals surface area contributed by atoms with E-state index in [1.807, 2.05) is 13.8 Å². The lowest BCUT2D eigenvalue weighted by molar-refractivity contribution is -0.182. The Bertz CT molecular complexity index is 1110. The molecule has 13 nitrogen and oxygen atoms in total. The van der Waals surface area contributed by atoms with Crippen LogP contribution >= 0.6 is 7.82 Å². The van der Waals surface area contributed by atoms with Crippen molar-refractivity contribution in [2.24, 2.45) is 0 Å². The van der Waals surface area contributed by atoms with E-state index in [-0.39, 0.29) is 24.5 Å². The molecule has 3 fully saturated rings. The third kappa shape index (κ3) is 11.8. The van der Waals surface area contributed by atoms with E-state index >= 15 is 0 Å². The molecule has 3 aliphatic rings. The molecular formula is C34H63O13PSi. The number of hydrogen-bond donors (Lipinski definition) is 0. The zero-order valence-corrected chi connectivity index (χ0v) is 33.8. The van der Waals surface area contributed by atoms with Gasteiger partial charge < -0.3 is 32.8 Å². The highest BCUT2D eigenvalue weighted by atomic mass is 31.2. The van der Waals surface area contributed by atoms with Gasteiger partial charge in [-0.25, -0.2) is 4.57 Å². The number of ether oxygens (including phenoxy) is 6. The van der Waals surface area contributed by atoms with Crippen LogP contribution in [0.4, 0.5) is 0 Å². The first kappa shape index (κ1) is 42.5. The Labute approximate surface area is 294 Å². The summed E-state index contributed by atoms with van der Waals surface area (Å²) < 4.78 is 75.1. The normalized spacial score (nSPS) is 29.5. The summed E-state index contributed by atoms with van der Waals surface area (Å²) in [6.07, 6.45) is -0.0397. The van der Waals surface area contributed by atoms with E-state index in [1.54, 1.807) is 27.7 Å². The van der Waals surface area contributed by atoms with Crippen molar-refractivity contribution in [3.63, 3.8) is 0 Å². The van der Waals surface area contributed by atoms with Gasteiger partial charge in [0.2, 0.25) is 0 Å². The third-order valence-electron chi connectivity index (χ3n) is 9.45. The van der Waals surface area contributed by atoms with Crippen LogP contribution in [0.2, 0.25) is 18.1 Å². The first-order valence-electron chi connectivity index (χ1n) is 17.9. The van der Waals surface area contributed by atoms with Crippen molar-refractivity contribution >= 4 is 28.1 Å². The lowest BCUT2D eigenvalue weighted by Crippen LogP contribution is -2.65. The lowest BCUT2D eigenvalue weighted by atomic mass is 9.85. The first-order valence-corrected chi connectivity index (χ1v) is 22.3. The molecule has 0 aromatic carbocycles. The molecule has 0 bridgehead atoms. The van der Waals surface area contributed by atoms with Gasteiger partial charge >= 0.3 is 19.8 Å². The summed E-state index contributed by atoms with van der Waals surface area (Å²) in [4.78, 5) is 25.0. The second-order valence-electron chi connectivity index (χ2n) is 15.7. The summed E-state index contributed by atoms with van der Waals surface area (Å²) in [7, 11) is -5.51. The summed E-state index contributed by atoms with van der Waals surface area (Å²) in [6.45, 7) is 21.4.